The molecule has 0 heterocycles. The number of nitro groups is 1. The van der Waals surface area contributed by atoms with E-state index in [9.17, 15) is 14.9 Å². The Morgan fingerprint density at radius 1 is 1.00 bits per heavy atom. The number of non-ortho nitro benzene ring substituents is 1. The number of anilines is 2. The highest BCUT2D eigenvalue weighted by Crippen LogP contribution is 2.29. The van der Waals surface area contributed by atoms with Gasteiger partial charge in [0, 0.05) is 11.5 Å². The lowest BCUT2D eigenvalue weighted by molar-refractivity contribution is -0.384. The Hall–Kier alpha value is -3.61. The van der Waals surface area contributed by atoms with Crippen molar-refractivity contribution in [1.82, 2.24) is 0 Å². The number of nitro benzene ring substituents is 1. The molecular formula is C18H15N3O4. The Bertz CT molecular complexity index is 951. The van der Waals surface area contributed by atoms with Crippen molar-refractivity contribution in [2.45, 2.75) is 0 Å². The number of carbonyl (C=O) groups excluding carboxylic acids is 1. The fourth-order valence-corrected chi connectivity index (χ4v) is 2.51. The highest BCUT2D eigenvalue weighted by Gasteiger charge is 2.14. The molecule has 7 nitrogen and oxygen atoms in total. The predicted molar refractivity (Wildman–Crippen MR) is 96.2 cm³/mol. The van der Waals surface area contributed by atoms with Crippen molar-refractivity contribution >= 4 is 33.9 Å². The molecule has 0 bridgehead atoms. The molecule has 2 amide bonds. The van der Waals surface area contributed by atoms with E-state index in [1.165, 1.54) is 25.3 Å². The quantitative estimate of drug-likeness (QED) is 0.545. The number of nitrogens with zero attached hydrogens (tertiary/aromatic N) is 1. The Kier molecular flexibility index (Phi) is 4.47. The molecular weight excluding hydrogens is 322 g/mol. The smallest absolute Gasteiger partial charge is 0.323 e. The monoisotopic (exact) mass is 337 g/mol. The van der Waals surface area contributed by atoms with E-state index in [2.05, 4.69) is 10.6 Å². The van der Waals surface area contributed by atoms with E-state index >= 15 is 0 Å². The lowest BCUT2D eigenvalue weighted by Crippen LogP contribution is -2.20. The van der Waals surface area contributed by atoms with Crippen LogP contribution in [0.5, 0.6) is 5.75 Å². The molecule has 0 saturated heterocycles. The van der Waals surface area contributed by atoms with Gasteiger partial charge in [0.15, 0.2) is 0 Å². The molecule has 126 valence electrons. The van der Waals surface area contributed by atoms with Gasteiger partial charge >= 0.3 is 6.03 Å². The SMILES string of the molecule is COc1cc([N+](=O)[O-])ccc1NC(=O)Nc1cccc2ccccc12. The number of nitrogens with one attached hydrogen (secondary N) is 2. The molecule has 0 aromatic heterocycles. The number of carbonyl (C=O) groups is 1. The Morgan fingerprint density at radius 2 is 1.72 bits per heavy atom. The maximum Gasteiger partial charge on any atom is 0.323 e. The second-order valence-corrected chi connectivity index (χ2v) is 5.25. The first kappa shape index (κ1) is 16.3. The predicted octanol–water partition coefficient (Wildman–Crippen LogP) is 4.40. The number of fused-ring (bicyclic) bond motifs is 1. The van der Waals surface area contributed by atoms with Crippen LogP contribution in [-0.4, -0.2) is 18.1 Å². The first-order valence-corrected chi connectivity index (χ1v) is 7.46. The average molecular weight is 337 g/mol. The molecule has 0 saturated carbocycles. The topological polar surface area (TPSA) is 93.5 Å². The van der Waals surface area contributed by atoms with Crippen LogP contribution in [0.15, 0.2) is 60.7 Å². The van der Waals surface area contributed by atoms with Gasteiger partial charge in [0.1, 0.15) is 5.75 Å². The van der Waals surface area contributed by atoms with Gasteiger partial charge in [-0.25, -0.2) is 4.79 Å². The number of benzene rings is 3. The van der Waals surface area contributed by atoms with Crippen LogP contribution in [0.2, 0.25) is 0 Å². The Morgan fingerprint density at radius 3 is 2.48 bits per heavy atom. The van der Waals surface area contributed by atoms with Crippen molar-refractivity contribution in [2.24, 2.45) is 0 Å². The summed E-state index contributed by atoms with van der Waals surface area (Å²) in [4.78, 5) is 22.6. The molecule has 0 aliphatic heterocycles. The second-order valence-electron chi connectivity index (χ2n) is 5.25. The van der Waals surface area contributed by atoms with Gasteiger partial charge in [-0.2, -0.15) is 0 Å². The summed E-state index contributed by atoms with van der Waals surface area (Å²) in [5, 5.41) is 18.2. The minimum atomic E-state index is -0.525. The van der Waals surface area contributed by atoms with Crippen molar-refractivity contribution < 1.29 is 14.5 Å². The largest absolute Gasteiger partial charge is 0.494 e. The summed E-state index contributed by atoms with van der Waals surface area (Å²) in [6.45, 7) is 0. The zero-order chi connectivity index (χ0) is 17.8. The van der Waals surface area contributed by atoms with Gasteiger partial charge in [0.25, 0.3) is 5.69 Å². The minimum Gasteiger partial charge on any atom is -0.494 e. The van der Waals surface area contributed by atoms with Gasteiger partial charge in [0.2, 0.25) is 0 Å². The van der Waals surface area contributed by atoms with E-state index in [1.54, 1.807) is 6.07 Å². The fourth-order valence-electron chi connectivity index (χ4n) is 2.51. The van der Waals surface area contributed by atoms with Crippen molar-refractivity contribution in [3.8, 4) is 5.75 Å². The molecule has 25 heavy (non-hydrogen) atoms. The van der Waals surface area contributed by atoms with Crippen LogP contribution >= 0.6 is 0 Å². The van der Waals surface area contributed by atoms with E-state index in [-0.39, 0.29) is 11.4 Å². The van der Waals surface area contributed by atoms with Crippen LogP contribution in [0.1, 0.15) is 0 Å². The standard InChI is InChI=1S/C18H15N3O4/c1-25-17-11-13(21(23)24)9-10-16(17)20-18(22)19-15-8-4-6-12-5-2-3-7-14(12)15/h2-11H,1H3,(H2,19,20,22). The highest BCUT2D eigenvalue weighted by molar-refractivity contribution is 6.06. The highest BCUT2D eigenvalue weighted by atomic mass is 16.6. The summed E-state index contributed by atoms with van der Waals surface area (Å²) in [7, 11) is 1.38. The lowest BCUT2D eigenvalue weighted by atomic mass is 10.1. The van der Waals surface area contributed by atoms with E-state index < -0.39 is 11.0 Å². The average Bonchev–Trinajstić information content (AvgIpc) is 2.62. The molecule has 0 aliphatic carbocycles. The number of amides is 2. The molecule has 3 aromatic carbocycles. The van der Waals surface area contributed by atoms with E-state index in [0.29, 0.717) is 11.4 Å². The zero-order valence-electron chi connectivity index (χ0n) is 13.4. The molecule has 0 aliphatic rings. The van der Waals surface area contributed by atoms with Gasteiger partial charge in [-0.05, 0) is 17.5 Å². The van der Waals surface area contributed by atoms with Crippen molar-refractivity contribution in [2.75, 3.05) is 17.7 Å². The summed E-state index contributed by atoms with van der Waals surface area (Å²) >= 11 is 0. The summed E-state index contributed by atoms with van der Waals surface area (Å²) in [6.07, 6.45) is 0. The van der Waals surface area contributed by atoms with Crippen LogP contribution in [0.25, 0.3) is 10.8 Å². The number of methoxy groups -OCH3 is 1. The molecule has 0 atom stereocenters. The van der Waals surface area contributed by atoms with E-state index in [4.69, 9.17) is 4.74 Å². The Labute approximate surface area is 143 Å². The molecule has 0 fully saturated rings. The normalized spacial score (nSPS) is 10.3. The van der Waals surface area contributed by atoms with E-state index in [1.807, 2.05) is 36.4 Å². The van der Waals surface area contributed by atoms with Crippen LogP contribution in [0.4, 0.5) is 21.9 Å². The number of hydrogen-bond acceptors (Lipinski definition) is 4. The summed E-state index contributed by atoms with van der Waals surface area (Å²) in [5.74, 6) is 0.210. The maximum atomic E-state index is 12.3. The molecule has 0 spiro atoms. The van der Waals surface area contributed by atoms with Gasteiger partial charge in [-0.15, -0.1) is 0 Å². The summed E-state index contributed by atoms with van der Waals surface area (Å²) in [5.41, 5.74) is 0.888. The first-order valence-electron chi connectivity index (χ1n) is 7.46. The van der Waals surface area contributed by atoms with Gasteiger partial charge in [-0.1, -0.05) is 36.4 Å². The third-order valence-corrected chi connectivity index (χ3v) is 3.68. The van der Waals surface area contributed by atoms with Crippen LogP contribution in [0.3, 0.4) is 0 Å². The van der Waals surface area contributed by atoms with Crippen molar-refractivity contribution in [3.63, 3.8) is 0 Å². The minimum absolute atomic E-state index is 0.114. The van der Waals surface area contributed by atoms with Crippen molar-refractivity contribution in [3.05, 3.63) is 70.8 Å². The van der Waals surface area contributed by atoms with Crippen LogP contribution in [0, 0.1) is 10.1 Å². The van der Waals surface area contributed by atoms with Crippen molar-refractivity contribution in [1.29, 1.82) is 0 Å². The summed E-state index contributed by atoms with van der Waals surface area (Å²) in [6, 6.07) is 16.8. The second kappa shape index (κ2) is 6.88. The zero-order valence-corrected chi connectivity index (χ0v) is 13.4. The van der Waals surface area contributed by atoms with Gasteiger partial charge in [0.05, 0.1) is 29.5 Å². The number of urea groups is 1. The summed E-state index contributed by atoms with van der Waals surface area (Å²) < 4.78 is 5.11. The number of hydrogen-bond donors (Lipinski definition) is 2. The first-order chi connectivity index (χ1) is 12.1. The van der Waals surface area contributed by atoms with Crippen LogP contribution in [-0.2, 0) is 0 Å². The molecule has 3 aromatic rings. The maximum absolute atomic E-state index is 12.3. The van der Waals surface area contributed by atoms with Crippen LogP contribution < -0.4 is 15.4 Å². The molecule has 7 heteroatoms. The number of rotatable bonds is 4. The van der Waals surface area contributed by atoms with Gasteiger partial charge < -0.3 is 15.4 Å². The third-order valence-electron chi connectivity index (χ3n) is 3.68. The molecule has 3 rings (SSSR count). The molecule has 0 unspecified atom stereocenters. The number of ether oxygens (including phenoxy) is 1. The Balaban J connectivity index is 1.82. The fraction of sp³-hybridized carbons (Fsp3) is 0.0556. The third kappa shape index (κ3) is 3.50. The van der Waals surface area contributed by atoms with E-state index in [0.717, 1.165) is 10.8 Å². The lowest BCUT2D eigenvalue weighted by Gasteiger charge is -2.12. The van der Waals surface area contributed by atoms with Gasteiger partial charge in [-0.3, -0.25) is 10.1 Å². The molecule has 2 N–H and O–H groups in total. The molecule has 0 radical (unpaired) electrons.